The Morgan fingerprint density at radius 2 is 1.38 bits per heavy atom. The average Bonchev–Trinajstić information content (AvgIpc) is 2.94. The van der Waals surface area contributed by atoms with Gasteiger partial charge in [0, 0.05) is 32.5 Å². The van der Waals surface area contributed by atoms with Gasteiger partial charge in [0.05, 0.1) is 8.07 Å². The van der Waals surface area contributed by atoms with Gasteiger partial charge in [-0.15, -0.1) is 71.8 Å². The first-order valence-electron chi connectivity index (χ1n) is 13.3. The van der Waals surface area contributed by atoms with Crippen molar-refractivity contribution in [1.82, 2.24) is 9.97 Å². The Bertz CT molecular complexity index is 1370. The third kappa shape index (κ3) is 8.40. The summed E-state index contributed by atoms with van der Waals surface area (Å²) in [6.07, 6.45) is 5.06. The number of pyridine rings is 2. The molecule has 0 saturated heterocycles. The van der Waals surface area contributed by atoms with Crippen LogP contribution in [0.1, 0.15) is 19.4 Å². The Labute approximate surface area is 249 Å². The minimum absolute atomic E-state index is 0. The summed E-state index contributed by atoms with van der Waals surface area (Å²) in [6.45, 7) is 11.7. The summed E-state index contributed by atoms with van der Waals surface area (Å²) in [5.41, 5.74) is 7.92. The quantitative estimate of drug-likeness (QED) is 0.131. The number of hydrogen-bond donors (Lipinski definition) is 0. The Morgan fingerprint density at radius 3 is 1.97 bits per heavy atom. The molecule has 0 unspecified atom stereocenters. The summed E-state index contributed by atoms with van der Waals surface area (Å²) in [7, 11) is -1.34. The maximum atomic E-state index is 4.69. The second-order valence-electron chi connectivity index (χ2n) is 10.9. The van der Waals surface area contributed by atoms with Crippen molar-refractivity contribution in [3.8, 4) is 33.6 Å². The summed E-state index contributed by atoms with van der Waals surface area (Å²) in [5, 5.41) is 1.49. The van der Waals surface area contributed by atoms with Crippen LogP contribution in [0.3, 0.4) is 0 Å². The molecule has 0 aliphatic carbocycles. The van der Waals surface area contributed by atoms with Crippen LogP contribution >= 0.6 is 0 Å². The third-order valence-corrected chi connectivity index (χ3v) is 8.33. The molecule has 39 heavy (non-hydrogen) atoms. The zero-order valence-corrected chi connectivity index (χ0v) is 26.8. The molecule has 3 aromatic carbocycles. The summed E-state index contributed by atoms with van der Waals surface area (Å²) in [6, 6.07) is 39.1. The van der Waals surface area contributed by atoms with Crippen molar-refractivity contribution in [2.45, 2.75) is 39.9 Å². The minimum Gasteiger partial charge on any atom is -0.305 e. The van der Waals surface area contributed by atoms with Crippen molar-refractivity contribution in [2.75, 3.05) is 0 Å². The fraction of sp³-hybridized carbons (Fsp3) is 0.200. The number of rotatable bonds is 6. The van der Waals surface area contributed by atoms with Gasteiger partial charge in [-0.25, -0.2) is 0 Å². The van der Waals surface area contributed by atoms with Gasteiger partial charge < -0.3 is 9.97 Å². The molecule has 2 aromatic heterocycles. The first kappa shape index (κ1) is 30.4. The van der Waals surface area contributed by atoms with Crippen molar-refractivity contribution in [3.63, 3.8) is 0 Å². The summed E-state index contributed by atoms with van der Waals surface area (Å²) < 4.78 is 0. The molecule has 0 saturated carbocycles. The zero-order chi connectivity index (χ0) is 27.0. The largest absolute Gasteiger partial charge is 0.305 e. The molecular formula is C35H36IrN2Si-2. The molecule has 1 radical (unpaired) electrons. The van der Waals surface area contributed by atoms with Crippen LogP contribution in [-0.2, 0) is 26.5 Å². The van der Waals surface area contributed by atoms with E-state index in [9.17, 15) is 0 Å². The van der Waals surface area contributed by atoms with E-state index in [1.54, 1.807) is 0 Å². The normalized spacial score (nSPS) is 10.8. The molecule has 5 rings (SSSR count). The van der Waals surface area contributed by atoms with Gasteiger partial charge in [-0.1, -0.05) is 81.5 Å². The minimum atomic E-state index is -1.34. The van der Waals surface area contributed by atoms with Crippen LogP contribution in [0.2, 0.25) is 19.6 Å². The molecule has 4 heteroatoms. The van der Waals surface area contributed by atoms with Gasteiger partial charge in [0.1, 0.15) is 0 Å². The fourth-order valence-corrected chi connectivity index (χ4v) is 6.08. The molecule has 0 amide bonds. The van der Waals surface area contributed by atoms with E-state index >= 15 is 0 Å². The van der Waals surface area contributed by atoms with Crippen molar-refractivity contribution < 1.29 is 20.1 Å². The molecule has 0 bridgehead atoms. The van der Waals surface area contributed by atoms with Crippen molar-refractivity contribution in [3.05, 3.63) is 127 Å². The summed E-state index contributed by atoms with van der Waals surface area (Å²) in [4.78, 5) is 9.18. The molecular weight excluding hydrogens is 669 g/mol. The van der Waals surface area contributed by atoms with Gasteiger partial charge in [0.15, 0.2) is 0 Å². The van der Waals surface area contributed by atoms with Crippen LogP contribution in [0.5, 0.6) is 0 Å². The molecule has 0 atom stereocenters. The van der Waals surface area contributed by atoms with E-state index in [1.807, 2.05) is 72.9 Å². The maximum absolute atomic E-state index is 4.69. The van der Waals surface area contributed by atoms with Gasteiger partial charge >= 0.3 is 0 Å². The molecule has 0 fully saturated rings. The molecule has 2 nitrogen and oxygen atoms in total. The van der Waals surface area contributed by atoms with Crippen LogP contribution in [0.15, 0.2) is 109 Å². The van der Waals surface area contributed by atoms with E-state index < -0.39 is 8.07 Å². The average molecular weight is 705 g/mol. The molecule has 0 aliphatic heterocycles. The number of nitrogens with zero attached hydrogens (tertiary/aromatic N) is 2. The molecule has 0 spiro atoms. The van der Waals surface area contributed by atoms with Crippen molar-refractivity contribution in [2.24, 2.45) is 5.92 Å². The van der Waals surface area contributed by atoms with Crippen LogP contribution in [-0.4, -0.2) is 18.0 Å². The molecule has 5 aromatic rings. The maximum Gasteiger partial charge on any atom is 0.0798 e. The van der Waals surface area contributed by atoms with Crippen LogP contribution in [0.4, 0.5) is 0 Å². The zero-order valence-electron chi connectivity index (χ0n) is 23.4. The topological polar surface area (TPSA) is 25.8 Å². The van der Waals surface area contributed by atoms with Gasteiger partial charge in [-0.3, -0.25) is 0 Å². The van der Waals surface area contributed by atoms with Gasteiger partial charge in [0.2, 0.25) is 0 Å². The van der Waals surface area contributed by atoms with E-state index in [0.717, 1.165) is 34.5 Å². The van der Waals surface area contributed by atoms with E-state index in [-0.39, 0.29) is 20.1 Å². The SMILES string of the molecule is CC(C)Cc1cc(-c2[c-]cccc2)ncc1[Si](C)(C)C.[Ir].[c-]1ccccc1-c1ncccc1-c1ccccc1. The summed E-state index contributed by atoms with van der Waals surface area (Å²) >= 11 is 0. The number of hydrogen-bond acceptors (Lipinski definition) is 2. The molecule has 0 aliphatic rings. The Morgan fingerprint density at radius 1 is 0.744 bits per heavy atom. The first-order chi connectivity index (χ1) is 18.3. The Hall–Kier alpha value is -3.17. The predicted octanol–water partition coefficient (Wildman–Crippen LogP) is 8.51. The van der Waals surface area contributed by atoms with E-state index in [1.165, 1.54) is 16.3 Å². The van der Waals surface area contributed by atoms with Gasteiger partial charge in [-0.05, 0) is 46.1 Å². The number of benzene rings is 3. The smallest absolute Gasteiger partial charge is 0.0798 e. The number of aromatic nitrogens is 2. The predicted molar refractivity (Wildman–Crippen MR) is 164 cm³/mol. The fourth-order valence-electron chi connectivity index (χ4n) is 4.49. The van der Waals surface area contributed by atoms with Crippen LogP contribution < -0.4 is 5.19 Å². The second kappa shape index (κ2) is 14.3. The Balaban J connectivity index is 0.000000211. The van der Waals surface area contributed by atoms with E-state index in [4.69, 9.17) is 0 Å². The van der Waals surface area contributed by atoms with Crippen molar-refractivity contribution >= 4 is 13.3 Å². The summed E-state index contributed by atoms with van der Waals surface area (Å²) in [5.74, 6) is 0.667. The first-order valence-corrected chi connectivity index (χ1v) is 16.8. The molecule has 201 valence electrons. The molecule has 0 N–H and O–H groups in total. The van der Waals surface area contributed by atoms with Crippen molar-refractivity contribution in [1.29, 1.82) is 0 Å². The van der Waals surface area contributed by atoms with Gasteiger partial charge in [-0.2, -0.15) is 0 Å². The van der Waals surface area contributed by atoms with Gasteiger partial charge in [0.25, 0.3) is 0 Å². The molecule has 2 heterocycles. The standard InChI is InChI=1S/C18H24NSi.C17H12N.Ir/c1-14(2)11-16-12-17(15-9-7-6-8-10-15)19-13-18(16)20(3,4)5;1-3-8-14(9-4-1)16-12-7-13-18-17(16)15-10-5-2-6-11-15;/h6-9,12-14H,11H2,1-5H3;1-10,12-13H;/q2*-1;. The van der Waals surface area contributed by atoms with E-state index in [0.29, 0.717) is 5.92 Å². The van der Waals surface area contributed by atoms with Crippen LogP contribution in [0.25, 0.3) is 33.6 Å². The third-order valence-electron chi connectivity index (χ3n) is 6.27. The Kier molecular flexibility index (Phi) is 11.1. The monoisotopic (exact) mass is 705 g/mol. The second-order valence-corrected chi connectivity index (χ2v) is 15.9. The van der Waals surface area contributed by atoms with Crippen LogP contribution in [0, 0.1) is 18.1 Å². The van der Waals surface area contributed by atoms with E-state index in [2.05, 4.69) is 92.1 Å².